The smallest absolute Gasteiger partial charge is 0.332 e. The first kappa shape index (κ1) is 20.1. The summed E-state index contributed by atoms with van der Waals surface area (Å²) in [4.78, 5) is 24.0. The lowest BCUT2D eigenvalue weighted by Gasteiger charge is -2.33. The molecule has 0 aliphatic heterocycles. The second kappa shape index (κ2) is 8.54. The van der Waals surface area contributed by atoms with Crippen LogP contribution >= 0.6 is 0 Å². The molecule has 0 aromatic heterocycles. The van der Waals surface area contributed by atoms with Crippen LogP contribution in [-0.2, 0) is 28.5 Å². The van der Waals surface area contributed by atoms with Crippen molar-refractivity contribution in [2.45, 2.75) is 12.3 Å². The van der Waals surface area contributed by atoms with Gasteiger partial charge in [0.15, 0.2) is 19.4 Å². The Morgan fingerprint density at radius 3 is 1.77 bits per heavy atom. The summed E-state index contributed by atoms with van der Waals surface area (Å²) in [6.07, 6.45) is -0.118. The van der Waals surface area contributed by atoms with Crippen molar-refractivity contribution in [2.75, 3.05) is 27.8 Å². The van der Waals surface area contributed by atoms with Crippen molar-refractivity contribution in [1.29, 1.82) is 0 Å². The van der Waals surface area contributed by atoms with Crippen molar-refractivity contribution < 1.29 is 41.7 Å². The fourth-order valence-corrected chi connectivity index (χ4v) is 1.55. The molecule has 0 radical (unpaired) electrons. The lowest BCUT2D eigenvalue weighted by molar-refractivity contribution is -0.208. The van der Waals surface area contributed by atoms with Crippen LogP contribution in [0.2, 0.25) is 0 Å². The van der Waals surface area contributed by atoms with E-state index in [9.17, 15) is 22.8 Å². The average Bonchev–Trinajstić information content (AvgIpc) is 2.47. The molecule has 126 valence electrons. The summed E-state index contributed by atoms with van der Waals surface area (Å²) in [6.45, 7) is 4.22. The summed E-state index contributed by atoms with van der Waals surface area (Å²) in [6, 6.07) is 0. The van der Waals surface area contributed by atoms with Crippen LogP contribution in [0.15, 0.2) is 25.1 Å². The Hall–Kier alpha value is -1.87. The van der Waals surface area contributed by atoms with Gasteiger partial charge in [-0.2, -0.15) is 8.78 Å². The Morgan fingerprint density at radius 1 is 1.09 bits per heavy atom. The standard InChI is InChI=1S/C13H17F3O6/c1-5-6-12(10(17)21-7-19-3,11(18)22-8-20-4)13(15,16)9(2)14/h5H,1-2,6-8H2,3-4H3. The lowest BCUT2D eigenvalue weighted by atomic mass is 9.77. The van der Waals surface area contributed by atoms with E-state index in [-0.39, 0.29) is 0 Å². The van der Waals surface area contributed by atoms with Gasteiger partial charge in [0.25, 0.3) is 0 Å². The zero-order valence-corrected chi connectivity index (χ0v) is 12.2. The molecule has 0 atom stereocenters. The maximum atomic E-state index is 14.2. The van der Waals surface area contributed by atoms with Gasteiger partial charge in [-0.25, -0.2) is 4.39 Å². The maximum absolute atomic E-state index is 14.2. The van der Waals surface area contributed by atoms with Crippen molar-refractivity contribution >= 4 is 11.9 Å². The first-order valence-electron chi connectivity index (χ1n) is 5.88. The molecule has 0 saturated heterocycles. The first-order valence-corrected chi connectivity index (χ1v) is 5.88. The summed E-state index contributed by atoms with van der Waals surface area (Å²) in [7, 11) is 2.25. The van der Waals surface area contributed by atoms with E-state index in [1.165, 1.54) is 0 Å². The van der Waals surface area contributed by atoms with Gasteiger partial charge in [0.05, 0.1) is 0 Å². The first-order chi connectivity index (χ1) is 10.2. The van der Waals surface area contributed by atoms with Crippen LogP contribution < -0.4 is 0 Å². The molecule has 0 bridgehead atoms. The predicted molar refractivity (Wildman–Crippen MR) is 68.4 cm³/mol. The van der Waals surface area contributed by atoms with E-state index in [1.807, 2.05) is 0 Å². The number of methoxy groups -OCH3 is 2. The topological polar surface area (TPSA) is 71.1 Å². The molecule has 0 saturated carbocycles. The summed E-state index contributed by atoms with van der Waals surface area (Å²) in [5.74, 6) is -10.3. The molecule has 9 heteroatoms. The molecule has 0 rings (SSSR count). The maximum Gasteiger partial charge on any atom is 0.332 e. The molecular formula is C13H17F3O6. The van der Waals surface area contributed by atoms with Crippen molar-refractivity contribution in [3.63, 3.8) is 0 Å². The highest BCUT2D eigenvalue weighted by molar-refractivity contribution is 6.02. The van der Waals surface area contributed by atoms with Crippen LogP contribution in [0.1, 0.15) is 6.42 Å². The van der Waals surface area contributed by atoms with Crippen molar-refractivity contribution in [3.05, 3.63) is 25.1 Å². The van der Waals surface area contributed by atoms with E-state index >= 15 is 0 Å². The van der Waals surface area contributed by atoms with Gasteiger partial charge in [0.1, 0.15) is 0 Å². The largest absolute Gasteiger partial charge is 0.437 e. The number of halogens is 3. The molecular weight excluding hydrogens is 309 g/mol. The van der Waals surface area contributed by atoms with Gasteiger partial charge in [0, 0.05) is 14.2 Å². The lowest BCUT2D eigenvalue weighted by Crippen LogP contribution is -2.55. The normalized spacial score (nSPS) is 11.7. The van der Waals surface area contributed by atoms with Crippen molar-refractivity contribution in [2.24, 2.45) is 5.41 Å². The summed E-state index contributed by atoms with van der Waals surface area (Å²) in [5.41, 5.74) is -3.32. The van der Waals surface area contributed by atoms with E-state index in [1.54, 1.807) is 0 Å². The molecule has 6 nitrogen and oxygen atoms in total. The van der Waals surface area contributed by atoms with E-state index in [0.29, 0.717) is 0 Å². The van der Waals surface area contributed by atoms with Gasteiger partial charge in [0.2, 0.25) is 5.41 Å². The third-order valence-electron chi connectivity index (χ3n) is 2.64. The van der Waals surface area contributed by atoms with Gasteiger partial charge in [-0.3, -0.25) is 9.59 Å². The SMILES string of the molecule is C=CCC(C(=O)OCOC)(C(=O)OCOC)C(F)(F)C(=C)F. The third kappa shape index (κ3) is 3.86. The van der Waals surface area contributed by atoms with Gasteiger partial charge < -0.3 is 18.9 Å². The summed E-state index contributed by atoms with van der Waals surface area (Å²) < 4.78 is 59.3. The minimum atomic E-state index is -4.59. The van der Waals surface area contributed by atoms with Gasteiger partial charge in [-0.15, -0.1) is 6.58 Å². The Labute approximate surface area is 125 Å². The molecule has 0 aromatic carbocycles. The molecule has 22 heavy (non-hydrogen) atoms. The second-order valence-electron chi connectivity index (χ2n) is 4.05. The minimum Gasteiger partial charge on any atom is -0.437 e. The molecule has 0 heterocycles. The number of carbonyl (C=O) groups excluding carboxylic acids is 2. The van der Waals surface area contributed by atoms with Crippen LogP contribution in [0.4, 0.5) is 13.2 Å². The number of hydrogen-bond donors (Lipinski definition) is 0. The highest BCUT2D eigenvalue weighted by Gasteiger charge is 2.68. The van der Waals surface area contributed by atoms with E-state index in [4.69, 9.17) is 0 Å². The van der Waals surface area contributed by atoms with Gasteiger partial charge in [-0.1, -0.05) is 12.7 Å². The fraction of sp³-hybridized carbons (Fsp3) is 0.538. The number of ether oxygens (including phenoxy) is 4. The molecule has 0 N–H and O–H groups in total. The molecule has 0 amide bonds. The van der Waals surface area contributed by atoms with E-state index in [0.717, 1.165) is 20.3 Å². The number of hydrogen-bond acceptors (Lipinski definition) is 6. The fourth-order valence-electron chi connectivity index (χ4n) is 1.55. The number of alkyl halides is 2. The highest BCUT2D eigenvalue weighted by atomic mass is 19.3. The molecule has 0 aliphatic carbocycles. The second-order valence-corrected chi connectivity index (χ2v) is 4.05. The molecule has 0 spiro atoms. The Kier molecular flexibility index (Phi) is 7.82. The Balaban J connectivity index is 5.95. The number of esters is 2. The van der Waals surface area contributed by atoms with E-state index < -0.39 is 49.1 Å². The Bertz CT molecular complexity index is 415. The molecule has 0 fully saturated rings. The van der Waals surface area contributed by atoms with Crippen LogP contribution in [0.3, 0.4) is 0 Å². The monoisotopic (exact) mass is 326 g/mol. The highest BCUT2D eigenvalue weighted by Crippen LogP contribution is 2.47. The molecule has 0 aromatic rings. The van der Waals surface area contributed by atoms with Gasteiger partial charge in [-0.05, 0) is 6.42 Å². The zero-order chi connectivity index (χ0) is 17.4. The van der Waals surface area contributed by atoms with Crippen LogP contribution in [0.5, 0.6) is 0 Å². The van der Waals surface area contributed by atoms with Crippen molar-refractivity contribution in [3.8, 4) is 0 Å². The van der Waals surface area contributed by atoms with Crippen LogP contribution in [0.25, 0.3) is 0 Å². The van der Waals surface area contributed by atoms with E-state index in [2.05, 4.69) is 32.1 Å². The summed E-state index contributed by atoms with van der Waals surface area (Å²) >= 11 is 0. The summed E-state index contributed by atoms with van der Waals surface area (Å²) in [5, 5.41) is 0. The van der Waals surface area contributed by atoms with Gasteiger partial charge >= 0.3 is 17.9 Å². The predicted octanol–water partition coefficient (Wildman–Crippen LogP) is 1.96. The van der Waals surface area contributed by atoms with Crippen molar-refractivity contribution in [1.82, 2.24) is 0 Å². The zero-order valence-electron chi connectivity index (χ0n) is 12.2. The Morgan fingerprint density at radius 2 is 1.50 bits per heavy atom. The molecule has 0 unspecified atom stereocenters. The number of allylic oxidation sites excluding steroid dienone is 2. The third-order valence-corrected chi connectivity index (χ3v) is 2.64. The number of rotatable bonds is 10. The average molecular weight is 326 g/mol. The number of carbonyl (C=O) groups is 2. The molecule has 0 aliphatic rings. The van der Waals surface area contributed by atoms with Crippen LogP contribution in [0, 0.1) is 5.41 Å². The minimum absolute atomic E-state index is 0.718. The van der Waals surface area contributed by atoms with Crippen LogP contribution in [-0.4, -0.2) is 45.7 Å². The quantitative estimate of drug-likeness (QED) is 0.264.